The molecule has 1 N–H and O–H groups in total. The SMILES string of the molecule is CC(C)NCc1cccc(-n2ccnc2C#N)c1. The first kappa shape index (κ1) is 12.3. The van der Waals surface area contributed by atoms with Crippen LogP contribution in [0.5, 0.6) is 0 Å². The van der Waals surface area contributed by atoms with Crippen molar-refractivity contribution in [2.24, 2.45) is 0 Å². The molecule has 1 aromatic heterocycles. The minimum absolute atomic E-state index is 0.406. The van der Waals surface area contributed by atoms with E-state index in [0.717, 1.165) is 12.2 Å². The molecule has 0 radical (unpaired) electrons. The Morgan fingerprint density at radius 1 is 1.44 bits per heavy atom. The zero-order chi connectivity index (χ0) is 13.0. The highest BCUT2D eigenvalue weighted by Crippen LogP contribution is 2.12. The summed E-state index contributed by atoms with van der Waals surface area (Å²) in [5, 5.41) is 12.3. The fourth-order valence-corrected chi connectivity index (χ4v) is 1.73. The molecule has 4 nitrogen and oxygen atoms in total. The maximum Gasteiger partial charge on any atom is 0.217 e. The number of nitrogens with one attached hydrogen (secondary N) is 1. The Bertz CT molecular complexity index is 563. The Morgan fingerprint density at radius 3 is 3.00 bits per heavy atom. The molecule has 18 heavy (non-hydrogen) atoms. The molecule has 0 spiro atoms. The largest absolute Gasteiger partial charge is 0.310 e. The van der Waals surface area contributed by atoms with Crippen molar-refractivity contribution < 1.29 is 0 Å². The van der Waals surface area contributed by atoms with Gasteiger partial charge in [-0.05, 0) is 17.7 Å². The number of hydrogen-bond acceptors (Lipinski definition) is 3. The molecule has 0 amide bonds. The van der Waals surface area contributed by atoms with Crippen LogP contribution in [0.2, 0.25) is 0 Å². The lowest BCUT2D eigenvalue weighted by atomic mass is 10.2. The minimum atomic E-state index is 0.406. The van der Waals surface area contributed by atoms with E-state index < -0.39 is 0 Å². The van der Waals surface area contributed by atoms with Crippen molar-refractivity contribution in [3.63, 3.8) is 0 Å². The zero-order valence-electron chi connectivity index (χ0n) is 10.6. The van der Waals surface area contributed by atoms with Gasteiger partial charge in [0.1, 0.15) is 6.07 Å². The maximum absolute atomic E-state index is 8.97. The van der Waals surface area contributed by atoms with Gasteiger partial charge in [0.25, 0.3) is 0 Å². The van der Waals surface area contributed by atoms with Crippen LogP contribution in [-0.2, 0) is 6.54 Å². The molecule has 0 aliphatic carbocycles. The molecule has 0 aliphatic heterocycles. The molecule has 0 saturated heterocycles. The Morgan fingerprint density at radius 2 is 2.28 bits per heavy atom. The summed E-state index contributed by atoms with van der Waals surface area (Å²) >= 11 is 0. The van der Waals surface area contributed by atoms with Crippen LogP contribution in [0, 0.1) is 11.3 Å². The molecule has 4 heteroatoms. The van der Waals surface area contributed by atoms with Crippen LogP contribution in [0.25, 0.3) is 5.69 Å². The Kier molecular flexibility index (Phi) is 3.75. The van der Waals surface area contributed by atoms with E-state index in [4.69, 9.17) is 5.26 Å². The molecule has 2 rings (SSSR count). The number of nitrogens with zero attached hydrogens (tertiary/aromatic N) is 3. The zero-order valence-corrected chi connectivity index (χ0v) is 10.6. The van der Waals surface area contributed by atoms with Crippen LogP contribution in [0.4, 0.5) is 0 Å². The standard InChI is InChI=1S/C14H16N4/c1-11(2)17-10-12-4-3-5-13(8-12)18-7-6-16-14(18)9-15/h3-8,11,17H,10H2,1-2H3. The molecule has 0 atom stereocenters. The lowest BCUT2D eigenvalue weighted by Gasteiger charge is -2.10. The number of nitriles is 1. The van der Waals surface area contributed by atoms with E-state index in [9.17, 15) is 0 Å². The van der Waals surface area contributed by atoms with E-state index in [-0.39, 0.29) is 0 Å². The van der Waals surface area contributed by atoms with Gasteiger partial charge in [-0.25, -0.2) is 4.98 Å². The summed E-state index contributed by atoms with van der Waals surface area (Å²) < 4.78 is 1.79. The Hall–Kier alpha value is -2.12. The van der Waals surface area contributed by atoms with Crippen molar-refractivity contribution >= 4 is 0 Å². The fraction of sp³-hybridized carbons (Fsp3) is 0.286. The predicted octanol–water partition coefficient (Wildman–Crippen LogP) is 2.24. The summed E-state index contributed by atoms with van der Waals surface area (Å²) in [6, 6.07) is 10.6. The molecular formula is C14H16N4. The van der Waals surface area contributed by atoms with Gasteiger partial charge in [-0.2, -0.15) is 5.26 Å². The van der Waals surface area contributed by atoms with E-state index >= 15 is 0 Å². The molecule has 92 valence electrons. The minimum Gasteiger partial charge on any atom is -0.310 e. The highest BCUT2D eigenvalue weighted by Gasteiger charge is 2.04. The highest BCUT2D eigenvalue weighted by atomic mass is 15.1. The number of hydrogen-bond donors (Lipinski definition) is 1. The van der Waals surface area contributed by atoms with Crippen molar-refractivity contribution in [1.82, 2.24) is 14.9 Å². The van der Waals surface area contributed by atoms with Gasteiger partial charge in [0.15, 0.2) is 0 Å². The van der Waals surface area contributed by atoms with Crippen molar-refractivity contribution in [2.45, 2.75) is 26.4 Å². The van der Waals surface area contributed by atoms with Gasteiger partial charge in [-0.1, -0.05) is 26.0 Å². The van der Waals surface area contributed by atoms with Gasteiger partial charge in [0, 0.05) is 30.7 Å². The van der Waals surface area contributed by atoms with Gasteiger partial charge in [0.2, 0.25) is 5.82 Å². The summed E-state index contributed by atoms with van der Waals surface area (Å²) in [5.74, 6) is 0.406. The predicted molar refractivity (Wildman–Crippen MR) is 70.3 cm³/mol. The van der Waals surface area contributed by atoms with E-state index in [1.165, 1.54) is 5.56 Å². The molecule has 0 unspecified atom stereocenters. The van der Waals surface area contributed by atoms with E-state index in [1.807, 2.05) is 12.1 Å². The lowest BCUT2D eigenvalue weighted by Crippen LogP contribution is -2.21. The Balaban J connectivity index is 2.25. The number of rotatable bonds is 4. The first-order valence-corrected chi connectivity index (χ1v) is 5.97. The molecule has 0 saturated carbocycles. The second kappa shape index (κ2) is 5.48. The molecule has 0 fully saturated rings. The third-order valence-electron chi connectivity index (χ3n) is 2.64. The monoisotopic (exact) mass is 240 g/mol. The molecule has 0 bridgehead atoms. The lowest BCUT2D eigenvalue weighted by molar-refractivity contribution is 0.588. The van der Waals surface area contributed by atoms with E-state index in [1.54, 1.807) is 17.0 Å². The summed E-state index contributed by atoms with van der Waals surface area (Å²) in [4.78, 5) is 4.00. The van der Waals surface area contributed by atoms with Crippen molar-refractivity contribution in [1.29, 1.82) is 5.26 Å². The van der Waals surface area contributed by atoms with Gasteiger partial charge in [0.05, 0.1) is 0 Å². The fourth-order valence-electron chi connectivity index (χ4n) is 1.73. The summed E-state index contributed by atoms with van der Waals surface area (Å²) in [7, 11) is 0. The maximum atomic E-state index is 8.97. The topological polar surface area (TPSA) is 53.6 Å². The normalized spacial score (nSPS) is 10.6. The Labute approximate surface area is 107 Å². The van der Waals surface area contributed by atoms with E-state index in [2.05, 4.69) is 42.4 Å². The summed E-state index contributed by atoms with van der Waals surface area (Å²) in [6.07, 6.45) is 3.44. The van der Waals surface area contributed by atoms with Gasteiger partial charge < -0.3 is 5.32 Å². The smallest absolute Gasteiger partial charge is 0.217 e. The average Bonchev–Trinajstić information content (AvgIpc) is 2.85. The van der Waals surface area contributed by atoms with E-state index in [0.29, 0.717) is 11.9 Å². The summed E-state index contributed by atoms with van der Waals surface area (Å²) in [6.45, 7) is 5.06. The second-order valence-electron chi connectivity index (χ2n) is 4.44. The van der Waals surface area contributed by atoms with Crippen molar-refractivity contribution in [2.75, 3.05) is 0 Å². The average molecular weight is 240 g/mol. The van der Waals surface area contributed by atoms with Crippen LogP contribution < -0.4 is 5.32 Å². The van der Waals surface area contributed by atoms with Crippen LogP contribution in [-0.4, -0.2) is 15.6 Å². The van der Waals surface area contributed by atoms with Crippen LogP contribution >= 0.6 is 0 Å². The van der Waals surface area contributed by atoms with Crippen LogP contribution in [0.1, 0.15) is 25.2 Å². The van der Waals surface area contributed by atoms with Crippen LogP contribution in [0.15, 0.2) is 36.7 Å². The van der Waals surface area contributed by atoms with Crippen LogP contribution in [0.3, 0.4) is 0 Å². The second-order valence-corrected chi connectivity index (χ2v) is 4.44. The first-order chi connectivity index (χ1) is 8.70. The van der Waals surface area contributed by atoms with Gasteiger partial charge in [-0.15, -0.1) is 0 Å². The third kappa shape index (κ3) is 2.76. The molecular weight excluding hydrogens is 224 g/mol. The number of imidazole rings is 1. The molecule has 1 aromatic carbocycles. The molecule has 2 aromatic rings. The van der Waals surface area contributed by atoms with Gasteiger partial charge in [-0.3, -0.25) is 4.57 Å². The number of benzene rings is 1. The van der Waals surface area contributed by atoms with Gasteiger partial charge >= 0.3 is 0 Å². The first-order valence-electron chi connectivity index (χ1n) is 5.97. The molecule has 0 aliphatic rings. The highest BCUT2D eigenvalue weighted by molar-refractivity contribution is 5.39. The third-order valence-corrected chi connectivity index (χ3v) is 2.64. The summed E-state index contributed by atoms with van der Waals surface area (Å²) in [5.41, 5.74) is 2.16. The molecule has 1 heterocycles. The quantitative estimate of drug-likeness (QED) is 0.891. The number of aromatic nitrogens is 2. The van der Waals surface area contributed by atoms with Crippen molar-refractivity contribution in [3.8, 4) is 11.8 Å². The van der Waals surface area contributed by atoms with Crippen molar-refractivity contribution in [3.05, 3.63) is 48.0 Å².